The summed E-state index contributed by atoms with van der Waals surface area (Å²) in [4.78, 5) is 0. The van der Waals surface area contributed by atoms with Crippen LogP contribution in [0.4, 0.5) is 65.9 Å². The third-order valence-electron chi connectivity index (χ3n) is 6.98. The molecule has 0 radical (unpaired) electrons. The number of rotatable bonds is 5. The monoisotopic (exact) mass is 668 g/mol. The summed E-state index contributed by atoms with van der Waals surface area (Å²) in [7, 11) is -3.45. The third-order valence-corrected chi connectivity index (χ3v) is 6.98. The molecule has 236 valence electrons. The molecule has 0 aromatic heterocycles. The highest BCUT2D eigenvalue weighted by atomic mass is 19.2. The van der Waals surface area contributed by atoms with Gasteiger partial charge in [0, 0.05) is 10.8 Å². The molecule has 0 aliphatic heterocycles. The van der Waals surface area contributed by atoms with Crippen LogP contribution < -0.4 is 14.8 Å². The summed E-state index contributed by atoms with van der Waals surface area (Å²) in [5, 5.41) is -5.47. The molecule has 0 heterocycles. The van der Waals surface area contributed by atoms with Gasteiger partial charge in [0.1, 0.15) is 5.82 Å². The molecular formula is C28H4BF15O2. The first-order chi connectivity index (χ1) is 21.6. The average molecular weight is 668 g/mol. The van der Waals surface area contributed by atoms with E-state index in [1.165, 1.54) is 0 Å². The van der Waals surface area contributed by atoms with Crippen LogP contribution in [0.1, 0.15) is 0 Å². The predicted octanol–water partition coefficient (Wildman–Crippen LogP) is 8.52. The van der Waals surface area contributed by atoms with Crippen LogP contribution in [0.2, 0.25) is 0 Å². The quantitative estimate of drug-likeness (QED) is 0.0604. The highest BCUT2D eigenvalue weighted by molar-refractivity contribution is 6.66. The molecule has 0 fully saturated rings. The van der Waals surface area contributed by atoms with Crippen molar-refractivity contribution in [3.05, 3.63) is 112 Å². The highest BCUT2D eigenvalue weighted by Crippen LogP contribution is 2.41. The minimum absolute atomic E-state index is 0.178. The molecule has 0 saturated carbocycles. The van der Waals surface area contributed by atoms with Crippen molar-refractivity contribution in [2.75, 3.05) is 0 Å². The van der Waals surface area contributed by atoms with E-state index in [1.807, 2.05) is 0 Å². The molecule has 6 aromatic rings. The second-order valence-corrected chi connectivity index (χ2v) is 9.42. The molecule has 0 atom stereocenters. The van der Waals surface area contributed by atoms with Gasteiger partial charge in [-0.2, -0.15) is 17.6 Å². The van der Waals surface area contributed by atoms with Gasteiger partial charge in [0.15, 0.2) is 34.8 Å². The van der Waals surface area contributed by atoms with E-state index in [-0.39, 0.29) is 5.39 Å². The van der Waals surface area contributed by atoms with Gasteiger partial charge in [-0.3, -0.25) is 0 Å². The first-order valence-electron chi connectivity index (χ1n) is 12.1. The summed E-state index contributed by atoms with van der Waals surface area (Å²) in [5.74, 6) is -43.0. The van der Waals surface area contributed by atoms with Crippen molar-refractivity contribution >= 4 is 44.9 Å². The molecule has 0 N–H and O–H groups in total. The van der Waals surface area contributed by atoms with Crippen molar-refractivity contribution in [1.82, 2.24) is 0 Å². The van der Waals surface area contributed by atoms with Crippen LogP contribution >= 0.6 is 0 Å². The van der Waals surface area contributed by atoms with Crippen molar-refractivity contribution in [3.8, 4) is 11.5 Å². The van der Waals surface area contributed by atoms with E-state index in [9.17, 15) is 52.7 Å². The second kappa shape index (κ2) is 10.5. The van der Waals surface area contributed by atoms with E-state index < -0.39 is 138 Å². The lowest BCUT2D eigenvalue weighted by atomic mass is 9.73. The molecule has 6 aromatic carbocycles. The second-order valence-electron chi connectivity index (χ2n) is 9.42. The normalized spacial score (nSPS) is 11.8. The Hall–Kier alpha value is -5.03. The van der Waals surface area contributed by atoms with Gasteiger partial charge in [-0.1, -0.05) is 18.2 Å². The van der Waals surface area contributed by atoms with E-state index in [0.717, 1.165) is 12.1 Å². The molecule has 0 bridgehead atoms. The molecule has 0 amide bonds. The van der Waals surface area contributed by atoms with Crippen LogP contribution in [0.25, 0.3) is 32.3 Å². The Balaban J connectivity index is 1.75. The van der Waals surface area contributed by atoms with Gasteiger partial charge in [-0.15, -0.1) is 0 Å². The fraction of sp³-hybridized carbons (Fsp3) is 0. The Labute approximate surface area is 243 Å². The zero-order chi connectivity index (χ0) is 33.7. The molecule has 6 rings (SSSR count). The predicted molar refractivity (Wildman–Crippen MR) is 129 cm³/mol. The lowest BCUT2D eigenvalue weighted by molar-refractivity contribution is 0.316. The maximum Gasteiger partial charge on any atom is 0.636 e. The van der Waals surface area contributed by atoms with Gasteiger partial charge in [-0.25, -0.2) is 48.3 Å². The van der Waals surface area contributed by atoms with E-state index in [2.05, 4.69) is 9.31 Å². The Morgan fingerprint density at radius 1 is 0.348 bits per heavy atom. The van der Waals surface area contributed by atoms with E-state index >= 15 is 13.2 Å². The molecular weight excluding hydrogens is 664 g/mol. The van der Waals surface area contributed by atoms with Crippen molar-refractivity contribution in [2.24, 2.45) is 0 Å². The summed E-state index contributed by atoms with van der Waals surface area (Å²) in [5.41, 5.74) is -1.68. The maximum atomic E-state index is 15.8. The molecule has 0 aliphatic rings. The van der Waals surface area contributed by atoms with E-state index in [0.29, 0.717) is 12.1 Å². The SMILES string of the molecule is Fc1c(F)c(F)c(OB(Oc2c(F)c(F)c(F)c(F)c2F)c2c(F)c(F)c3c(F)c(F)c4c(F)ccc5ccc2c3c54)c(F)c1F. The molecule has 0 unspecified atom stereocenters. The average Bonchev–Trinajstić information content (AvgIpc) is 3.03. The molecule has 0 spiro atoms. The molecule has 18 heteroatoms. The fourth-order valence-electron chi connectivity index (χ4n) is 4.94. The Morgan fingerprint density at radius 2 is 0.739 bits per heavy atom. The summed E-state index contributed by atoms with van der Waals surface area (Å²) < 4.78 is 227. The fourth-order valence-corrected chi connectivity index (χ4v) is 4.94. The van der Waals surface area contributed by atoms with Crippen LogP contribution in [-0.4, -0.2) is 7.12 Å². The van der Waals surface area contributed by atoms with Crippen LogP contribution in [0.15, 0.2) is 24.3 Å². The molecule has 0 aliphatic carbocycles. The van der Waals surface area contributed by atoms with Gasteiger partial charge in [0.25, 0.3) is 0 Å². The topological polar surface area (TPSA) is 18.5 Å². The number of hydrogen-bond donors (Lipinski definition) is 0. The zero-order valence-corrected chi connectivity index (χ0v) is 21.4. The van der Waals surface area contributed by atoms with Crippen LogP contribution in [0.3, 0.4) is 0 Å². The first kappa shape index (κ1) is 31.0. The van der Waals surface area contributed by atoms with Crippen molar-refractivity contribution in [1.29, 1.82) is 0 Å². The number of benzene rings is 6. The Morgan fingerprint density at radius 3 is 1.22 bits per heavy atom. The first-order valence-corrected chi connectivity index (χ1v) is 12.1. The minimum Gasteiger partial charge on any atom is -0.517 e. The number of hydrogen-bond acceptors (Lipinski definition) is 2. The standard InChI is InChI=1S/C28H4BF15O2/c30-7-4-2-5-1-3-6-9-8(5)10(7)13(31)14(32)11(9)15(33)16(34)12(6)29(45-27-23(41)19(37)17(35)20(38)24(27)42)46-28-25(43)21(39)18(36)22(40)26(28)44/h1-4H. The summed E-state index contributed by atoms with van der Waals surface area (Å²) in [6.07, 6.45) is 0. The van der Waals surface area contributed by atoms with Crippen LogP contribution in [0.5, 0.6) is 11.5 Å². The van der Waals surface area contributed by atoms with Gasteiger partial charge in [-0.05, 0) is 16.8 Å². The summed E-state index contributed by atoms with van der Waals surface area (Å²) >= 11 is 0. The van der Waals surface area contributed by atoms with Crippen LogP contribution in [0, 0.1) is 87.3 Å². The maximum absolute atomic E-state index is 15.8. The molecule has 0 saturated heterocycles. The smallest absolute Gasteiger partial charge is 0.517 e. The van der Waals surface area contributed by atoms with E-state index in [4.69, 9.17) is 0 Å². The Kier molecular flexibility index (Phi) is 7.08. The van der Waals surface area contributed by atoms with Gasteiger partial charge in [0.05, 0.1) is 16.2 Å². The molecule has 2 nitrogen and oxygen atoms in total. The van der Waals surface area contributed by atoms with Gasteiger partial charge >= 0.3 is 7.12 Å². The highest BCUT2D eigenvalue weighted by Gasteiger charge is 2.42. The van der Waals surface area contributed by atoms with Crippen LogP contribution in [-0.2, 0) is 0 Å². The summed E-state index contributed by atoms with van der Waals surface area (Å²) in [6.45, 7) is 0. The Bertz CT molecular complexity index is 2160. The molecule has 46 heavy (non-hydrogen) atoms. The lowest BCUT2D eigenvalue weighted by Crippen LogP contribution is -2.46. The van der Waals surface area contributed by atoms with Crippen molar-refractivity contribution in [2.45, 2.75) is 0 Å². The lowest BCUT2D eigenvalue weighted by Gasteiger charge is -2.22. The van der Waals surface area contributed by atoms with Crippen molar-refractivity contribution < 1.29 is 75.2 Å². The third kappa shape index (κ3) is 4.11. The zero-order valence-electron chi connectivity index (χ0n) is 21.4. The number of halogens is 15. The van der Waals surface area contributed by atoms with Crippen molar-refractivity contribution in [3.63, 3.8) is 0 Å². The minimum atomic E-state index is -3.45. The van der Waals surface area contributed by atoms with Gasteiger partial charge in [0.2, 0.25) is 58.2 Å². The van der Waals surface area contributed by atoms with E-state index in [1.54, 1.807) is 0 Å². The van der Waals surface area contributed by atoms with Gasteiger partial charge < -0.3 is 9.31 Å². The summed E-state index contributed by atoms with van der Waals surface area (Å²) in [6, 6.07) is 3.23. The largest absolute Gasteiger partial charge is 0.636 e.